The van der Waals surface area contributed by atoms with E-state index >= 15 is 0 Å². The number of H-pyrrole nitrogens is 1. The summed E-state index contributed by atoms with van der Waals surface area (Å²) in [4.78, 5) is 14.8. The number of nitrogens with zero attached hydrogens (tertiary/aromatic N) is 3. The van der Waals surface area contributed by atoms with Gasteiger partial charge in [0.2, 0.25) is 0 Å². The van der Waals surface area contributed by atoms with Crippen LogP contribution < -0.4 is 4.90 Å². The SMILES string of the molecule is Clc1ccccc1-c1nc2c(N3CCOCC3)nccc2[nH]1. The van der Waals surface area contributed by atoms with Crippen molar-refractivity contribution in [2.75, 3.05) is 31.2 Å². The van der Waals surface area contributed by atoms with Gasteiger partial charge in [-0.2, -0.15) is 0 Å². The summed E-state index contributed by atoms with van der Waals surface area (Å²) in [6.07, 6.45) is 1.81. The van der Waals surface area contributed by atoms with Gasteiger partial charge in [0.15, 0.2) is 5.82 Å². The number of halogens is 1. The van der Waals surface area contributed by atoms with Gasteiger partial charge in [0.25, 0.3) is 0 Å². The summed E-state index contributed by atoms with van der Waals surface area (Å²) in [5, 5.41) is 0.683. The third-order valence-electron chi connectivity index (χ3n) is 3.82. The zero-order chi connectivity index (χ0) is 14.9. The van der Waals surface area contributed by atoms with Gasteiger partial charge in [0, 0.05) is 24.8 Å². The maximum Gasteiger partial charge on any atom is 0.156 e. The minimum Gasteiger partial charge on any atom is -0.378 e. The summed E-state index contributed by atoms with van der Waals surface area (Å²) in [5.41, 5.74) is 2.74. The van der Waals surface area contributed by atoms with Gasteiger partial charge in [-0.3, -0.25) is 0 Å². The van der Waals surface area contributed by atoms with Crippen LogP contribution in [0.4, 0.5) is 5.82 Å². The predicted octanol–water partition coefficient (Wildman–Crippen LogP) is 3.11. The van der Waals surface area contributed by atoms with Crippen LogP contribution in [-0.4, -0.2) is 41.3 Å². The third-order valence-corrected chi connectivity index (χ3v) is 4.15. The quantitative estimate of drug-likeness (QED) is 0.789. The Bertz CT molecular complexity index is 811. The lowest BCUT2D eigenvalue weighted by atomic mass is 10.2. The minimum absolute atomic E-state index is 0.683. The zero-order valence-corrected chi connectivity index (χ0v) is 12.7. The summed E-state index contributed by atoms with van der Waals surface area (Å²) in [6.45, 7) is 3.11. The molecule has 0 radical (unpaired) electrons. The Kier molecular flexibility index (Phi) is 3.44. The van der Waals surface area contributed by atoms with Gasteiger partial charge < -0.3 is 14.6 Å². The van der Waals surface area contributed by atoms with E-state index in [1.54, 1.807) is 0 Å². The van der Waals surface area contributed by atoms with Crippen molar-refractivity contribution in [3.63, 3.8) is 0 Å². The molecule has 6 heteroatoms. The second-order valence-electron chi connectivity index (χ2n) is 5.20. The molecule has 1 N–H and O–H groups in total. The van der Waals surface area contributed by atoms with Crippen LogP contribution in [0.2, 0.25) is 5.02 Å². The first-order chi connectivity index (χ1) is 10.8. The van der Waals surface area contributed by atoms with Gasteiger partial charge in [-0.15, -0.1) is 0 Å². The van der Waals surface area contributed by atoms with E-state index in [4.69, 9.17) is 21.3 Å². The lowest BCUT2D eigenvalue weighted by Gasteiger charge is -2.27. The summed E-state index contributed by atoms with van der Waals surface area (Å²) in [5.74, 6) is 1.67. The molecule has 1 aromatic carbocycles. The number of hydrogen-bond donors (Lipinski definition) is 1. The molecule has 0 saturated carbocycles. The molecule has 112 valence electrons. The van der Waals surface area contributed by atoms with E-state index < -0.39 is 0 Å². The van der Waals surface area contributed by atoms with Gasteiger partial charge in [-0.25, -0.2) is 9.97 Å². The molecule has 0 bridgehead atoms. The molecule has 0 amide bonds. The van der Waals surface area contributed by atoms with Gasteiger partial charge in [-0.1, -0.05) is 23.7 Å². The molecule has 0 aliphatic carbocycles. The first-order valence-electron chi connectivity index (χ1n) is 7.25. The fourth-order valence-electron chi connectivity index (χ4n) is 2.71. The van der Waals surface area contributed by atoms with E-state index in [0.29, 0.717) is 5.02 Å². The van der Waals surface area contributed by atoms with E-state index in [-0.39, 0.29) is 0 Å². The van der Waals surface area contributed by atoms with Crippen LogP contribution in [0.3, 0.4) is 0 Å². The number of rotatable bonds is 2. The molecule has 22 heavy (non-hydrogen) atoms. The zero-order valence-electron chi connectivity index (χ0n) is 11.9. The lowest BCUT2D eigenvalue weighted by Crippen LogP contribution is -2.36. The van der Waals surface area contributed by atoms with Crippen LogP contribution in [0.15, 0.2) is 36.5 Å². The molecule has 5 nitrogen and oxygen atoms in total. The highest BCUT2D eigenvalue weighted by molar-refractivity contribution is 6.33. The maximum absolute atomic E-state index is 6.27. The molecule has 2 aromatic heterocycles. The smallest absolute Gasteiger partial charge is 0.156 e. The van der Waals surface area contributed by atoms with E-state index in [1.807, 2.05) is 36.5 Å². The van der Waals surface area contributed by atoms with Gasteiger partial charge in [0.1, 0.15) is 11.3 Å². The molecular formula is C16H15ClN4O. The van der Waals surface area contributed by atoms with Crippen molar-refractivity contribution in [1.82, 2.24) is 15.0 Å². The summed E-state index contributed by atoms with van der Waals surface area (Å²) in [7, 11) is 0. The largest absolute Gasteiger partial charge is 0.378 e. The van der Waals surface area contributed by atoms with Crippen LogP contribution >= 0.6 is 11.6 Å². The van der Waals surface area contributed by atoms with Crippen molar-refractivity contribution in [1.29, 1.82) is 0 Å². The molecule has 1 aliphatic rings. The van der Waals surface area contributed by atoms with E-state index in [9.17, 15) is 0 Å². The number of benzene rings is 1. The third kappa shape index (κ3) is 2.32. The Morgan fingerprint density at radius 2 is 1.95 bits per heavy atom. The average molecular weight is 315 g/mol. The lowest BCUT2D eigenvalue weighted by molar-refractivity contribution is 0.122. The number of ether oxygens (including phenoxy) is 1. The number of imidazole rings is 1. The molecule has 1 saturated heterocycles. The molecule has 0 unspecified atom stereocenters. The van der Waals surface area contributed by atoms with E-state index in [0.717, 1.165) is 54.5 Å². The van der Waals surface area contributed by atoms with Gasteiger partial charge >= 0.3 is 0 Å². The van der Waals surface area contributed by atoms with Crippen molar-refractivity contribution >= 4 is 28.5 Å². The number of aromatic nitrogens is 3. The number of nitrogens with one attached hydrogen (secondary N) is 1. The fraction of sp³-hybridized carbons (Fsp3) is 0.250. The molecule has 3 aromatic rings. The fourth-order valence-corrected chi connectivity index (χ4v) is 2.93. The van der Waals surface area contributed by atoms with E-state index in [1.165, 1.54) is 0 Å². The number of pyridine rings is 1. The number of anilines is 1. The number of aromatic amines is 1. The van der Waals surface area contributed by atoms with Crippen LogP contribution in [-0.2, 0) is 4.74 Å². The molecule has 0 atom stereocenters. The highest BCUT2D eigenvalue weighted by Gasteiger charge is 2.18. The molecule has 1 fully saturated rings. The van der Waals surface area contributed by atoms with E-state index in [2.05, 4.69) is 14.9 Å². The second kappa shape index (κ2) is 5.59. The van der Waals surface area contributed by atoms with Crippen molar-refractivity contribution in [2.24, 2.45) is 0 Å². The first-order valence-corrected chi connectivity index (χ1v) is 7.63. The molecule has 4 rings (SSSR count). The second-order valence-corrected chi connectivity index (χ2v) is 5.60. The minimum atomic E-state index is 0.683. The van der Waals surface area contributed by atoms with Gasteiger partial charge in [0.05, 0.1) is 23.8 Å². The van der Waals surface area contributed by atoms with Gasteiger partial charge in [-0.05, 0) is 18.2 Å². The molecule has 0 spiro atoms. The van der Waals surface area contributed by atoms with Crippen molar-refractivity contribution in [2.45, 2.75) is 0 Å². The molecule has 1 aliphatic heterocycles. The maximum atomic E-state index is 6.27. The number of fused-ring (bicyclic) bond motifs is 1. The van der Waals surface area contributed by atoms with Crippen molar-refractivity contribution in [3.8, 4) is 11.4 Å². The number of hydrogen-bond acceptors (Lipinski definition) is 4. The topological polar surface area (TPSA) is 54.0 Å². The first kappa shape index (κ1) is 13.5. The normalized spacial score (nSPS) is 15.4. The van der Waals surface area contributed by atoms with Crippen LogP contribution in [0.5, 0.6) is 0 Å². The highest BCUT2D eigenvalue weighted by atomic mass is 35.5. The van der Waals surface area contributed by atoms with Crippen LogP contribution in [0.25, 0.3) is 22.4 Å². The Balaban J connectivity index is 1.82. The standard InChI is InChI=1S/C16H15ClN4O/c17-12-4-2-1-3-11(12)15-19-13-5-6-18-16(14(13)20-15)21-7-9-22-10-8-21/h1-6H,7-10H2,(H,19,20). The molecule has 3 heterocycles. The Hall–Kier alpha value is -2.11. The van der Waals surface area contributed by atoms with Crippen molar-refractivity contribution in [3.05, 3.63) is 41.6 Å². The Labute approximate surface area is 132 Å². The summed E-state index contributed by atoms with van der Waals surface area (Å²) < 4.78 is 5.41. The highest BCUT2D eigenvalue weighted by Crippen LogP contribution is 2.30. The Morgan fingerprint density at radius 3 is 2.77 bits per heavy atom. The Morgan fingerprint density at radius 1 is 1.14 bits per heavy atom. The monoisotopic (exact) mass is 314 g/mol. The van der Waals surface area contributed by atoms with Crippen molar-refractivity contribution < 1.29 is 4.74 Å². The number of morpholine rings is 1. The summed E-state index contributed by atoms with van der Waals surface area (Å²) >= 11 is 6.27. The molecular weight excluding hydrogens is 300 g/mol. The van der Waals surface area contributed by atoms with Crippen LogP contribution in [0, 0.1) is 0 Å². The summed E-state index contributed by atoms with van der Waals surface area (Å²) in [6, 6.07) is 9.63. The average Bonchev–Trinajstić information content (AvgIpc) is 3.00. The van der Waals surface area contributed by atoms with Crippen LogP contribution in [0.1, 0.15) is 0 Å². The predicted molar refractivity (Wildman–Crippen MR) is 87.4 cm³/mol.